The van der Waals surface area contributed by atoms with Gasteiger partial charge in [0.25, 0.3) is 5.56 Å². The number of nitrogens with one attached hydrogen (secondary N) is 1. The SMILES string of the molecule is C[C@@H](NC(=O)Cn1ccc2ccccc2c1=O)c1ccccc1. The summed E-state index contributed by atoms with van der Waals surface area (Å²) in [6.45, 7) is 1.94. The van der Waals surface area contributed by atoms with Crippen LogP contribution in [0.15, 0.2) is 71.7 Å². The molecular formula is C19H18N2O2. The van der Waals surface area contributed by atoms with E-state index in [2.05, 4.69) is 5.32 Å². The summed E-state index contributed by atoms with van der Waals surface area (Å²) >= 11 is 0. The number of pyridine rings is 1. The average Bonchev–Trinajstić information content (AvgIpc) is 2.58. The molecule has 0 spiro atoms. The van der Waals surface area contributed by atoms with E-state index in [4.69, 9.17) is 0 Å². The van der Waals surface area contributed by atoms with Crippen molar-refractivity contribution in [3.05, 3.63) is 82.8 Å². The summed E-state index contributed by atoms with van der Waals surface area (Å²) in [5.74, 6) is -0.182. The van der Waals surface area contributed by atoms with E-state index in [1.54, 1.807) is 12.3 Å². The van der Waals surface area contributed by atoms with Gasteiger partial charge in [-0.15, -0.1) is 0 Å². The molecule has 0 aliphatic rings. The van der Waals surface area contributed by atoms with Crippen LogP contribution in [0.4, 0.5) is 0 Å². The van der Waals surface area contributed by atoms with Crippen molar-refractivity contribution in [2.45, 2.75) is 19.5 Å². The highest BCUT2D eigenvalue weighted by Gasteiger charge is 2.11. The molecule has 4 nitrogen and oxygen atoms in total. The van der Waals surface area contributed by atoms with Crippen molar-refractivity contribution in [3.63, 3.8) is 0 Å². The number of amides is 1. The molecule has 1 atom stereocenters. The number of rotatable bonds is 4. The fourth-order valence-electron chi connectivity index (χ4n) is 2.62. The average molecular weight is 306 g/mol. The fourth-order valence-corrected chi connectivity index (χ4v) is 2.62. The van der Waals surface area contributed by atoms with Crippen molar-refractivity contribution in [2.75, 3.05) is 0 Å². The lowest BCUT2D eigenvalue weighted by atomic mass is 10.1. The Balaban J connectivity index is 1.76. The van der Waals surface area contributed by atoms with E-state index in [0.29, 0.717) is 5.39 Å². The second kappa shape index (κ2) is 6.48. The number of carbonyl (C=O) groups is 1. The summed E-state index contributed by atoms with van der Waals surface area (Å²) in [5, 5.41) is 4.43. The first kappa shape index (κ1) is 15.0. The van der Waals surface area contributed by atoms with E-state index in [1.165, 1.54) is 4.57 Å². The zero-order valence-electron chi connectivity index (χ0n) is 12.9. The predicted octanol–water partition coefficient (Wildman–Crippen LogP) is 2.88. The molecule has 0 saturated heterocycles. The van der Waals surface area contributed by atoms with Gasteiger partial charge in [-0.2, -0.15) is 0 Å². The van der Waals surface area contributed by atoms with Crippen molar-refractivity contribution in [2.24, 2.45) is 0 Å². The predicted molar refractivity (Wildman–Crippen MR) is 91.2 cm³/mol. The highest BCUT2D eigenvalue weighted by Crippen LogP contribution is 2.11. The summed E-state index contributed by atoms with van der Waals surface area (Å²) in [6.07, 6.45) is 1.66. The lowest BCUT2D eigenvalue weighted by Crippen LogP contribution is -2.33. The number of hydrogen-bond donors (Lipinski definition) is 1. The van der Waals surface area contributed by atoms with Gasteiger partial charge in [0.2, 0.25) is 5.91 Å². The first-order valence-electron chi connectivity index (χ1n) is 7.57. The highest BCUT2D eigenvalue weighted by molar-refractivity contribution is 5.82. The number of fused-ring (bicyclic) bond motifs is 1. The van der Waals surface area contributed by atoms with Crippen LogP contribution in [0.2, 0.25) is 0 Å². The molecule has 0 unspecified atom stereocenters. The second-order valence-electron chi connectivity index (χ2n) is 5.54. The Morgan fingerprint density at radius 1 is 1.04 bits per heavy atom. The van der Waals surface area contributed by atoms with Crippen LogP contribution in [0.3, 0.4) is 0 Å². The van der Waals surface area contributed by atoms with E-state index < -0.39 is 0 Å². The third-order valence-electron chi connectivity index (χ3n) is 3.88. The molecule has 116 valence electrons. The maximum Gasteiger partial charge on any atom is 0.258 e. The normalized spacial score (nSPS) is 12.0. The molecule has 0 saturated carbocycles. The number of carbonyl (C=O) groups excluding carboxylic acids is 1. The summed E-state index contributed by atoms with van der Waals surface area (Å²) in [7, 11) is 0. The van der Waals surface area contributed by atoms with Gasteiger partial charge in [0.1, 0.15) is 6.54 Å². The molecule has 1 amide bonds. The molecule has 23 heavy (non-hydrogen) atoms. The third kappa shape index (κ3) is 3.31. The summed E-state index contributed by atoms with van der Waals surface area (Å²) in [5.41, 5.74) is 0.886. The molecule has 3 rings (SSSR count). The van der Waals surface area contributed by atoms with Crippen molar-refractivity contribution in [3.8, 4) is 0 Å². The highest BCUT2D eigenvalue weighted by atomic mass is 16.2. The first-order chi connectivity index (χ1) is 11.1. The topological polar surface area (TPSA) is 51.1 Å². The van der Waals surface area contributed by atoms with Crippen LogP contribution in [0, 0.1) is 0 Å². The molecule has 2 aromatic carbocycles. The standard InChI is InChI=1S/C19H18N2O2/c1-14(15-7-3-2-4-8-15)20-18(22)13-21-12-11-16-9-5-6-10-17(16)19(21)23/h2-12,14H,13H2,1H3,(H,20,22)/t14-/m1/s1. The van der Waals surface area contributed by atoms with Crippen molar-refractivity contribution in [1.29, 1.82) is 0 Å². The Morgan fingerprint density at radius 3 is 2.52 bits per heavy atom. The maximum atomic E-state index is 12.4. The Labute approximate surface area is 134 Å². The molecule has 0 aliphatic heterocycles. The Kier molecular flexibility index (Phi) is 4.24. The quantitative estimate of drug-likeness (QED) is 0.806. The van der Waals surface area contributed by atoms with Crippen molar-refractivity contribution in [1.82, 2.24) is 9.88 Å². The molecule has 1 heterocycles. The zero-order chi connectivity index (χ0) is 16.2. The van der Waals surface area contributed by atoms with E-state index in [-0.39, 0.29) is 24.1 Å². The van der Waals surface area contributed by atoms with Gasteiger partial charge in [0.05, 0.1) is 6.04 Å². The van der Waals surface area contributed by atoms with Gasteiger partial charge >= 0.3 is 0 Å². The zero-order valence-corrected chi connectivity index (χ0v) is 12.9. The van der Waals surface area contributed by atoms with Gasteiger partial charge in [-0.05, 0) is 30.0 Å². The maximum absolute atomic E-state index is 12.4. The van der Waals surface area contributed by atoms with Crippen LogP contribution < -0.4 is 10.9 Å². The fraction of sp³-hybridized carbons (Fsp3) is 0.158. The molecule has 0 bridgehead atoms. The molecule has 1 N–H and O–H groups in total. The van der Waals surface area contributed by atoms with Gasteiger partial charge in [0.15, 0.2) is 0 Å². The van der Waals surface area contributed by atoms with E-state index in [9.17, 15) is 9.59 Å². The minimum Gasteiger partial charge on any atom is -0.348 e. The molecule has 0 radical (unpaired) electrons. The third-order valence-corrected chi connectivity index (χ3v) is 3.88. The van der Waals surface area contributed by atoms with Gasteiger partial charge < -0.3 is 9.88 Å². The Bertz CT molecular complexity index is 885. The minimum atomic E-state index is -0.182. The monoisotopic (exact) mass is 306 g/mol. The number of benzene rings is 2. The minimum absolute atomic E-state index is 0.0147. The largest absolute Gasteiger partial charge is 0.348 e. The van der Waals surface area contributed by atoms with Crippen LogP contribution >= 0.6 is 0 Å². The van der Waals surface area contributed by atoms with Crippen LogP contribution in [0.5, 0.6) is 0 Å². The van der Waals surface area contributed by atoms with Crippen LogP contribution in [0.1, 0.15) is 18.5 Å². The molecule has 0 fully saturated rings. The second-order valence-corrected chi connectivity index (χ2v) is 5.54. The van der Waals surface area contributed by atoms with Gasteiger partial charge in [-0.3, -0.25) is 9.59 Å². The first-order valence-corrected chi connectivity index (χ1v) is 7.57. The molecular weight excluding hydrogens is 288 g/mol. The van der Waals surface area contributed by atoms with Gasteiger partial charge in [-0.25, -0.2) is 0 Å². The van der Waals surface area contributed by atoms with Crippen LogP contribution in [0.25, 0.3) is 10.8 Å². The summed E-state index contributed by atoms with van der Waals surface area (Å²) < 4.78 is 1.44. The molecule has 1 aromatic heterocycles. The van der Waals surface area contributed by atoms with E-state index >= 15 is 0 Å². The smallest absolute Gasteiger partial charge is 0.258 e. The summed E-state index contributed by atoms with van der Waals surface area (Å²) in [4.78, 5) is 24.6. The van der Waals surface area contributed by atoms with Gasteiger partial charge in [0, 0.05) is 11.6 Å². The molecule has 0 aliphatic carbocycles. The van der Waals surface area contributed by atoms with Crippen LogP contribution in [-0.4, -0.2) is 10.5 Å². The van der Waals surface area contributed by atoms with Crippen LogP contribution in [-0.2, 0) is 11.3 Å². The Morgan fingerprint density at radius 2 is 1.74 bits per heavy atom. The van der Waals surface area contributed by atoms with Crippen molar-refractivity contribution >= 4 is 16.7 Å². The van der Waals surface area contributed by atoms with Crippen molar-refractivity contribution < 1.29 is 4.79 Å². The number of aromatic nitrogens is 1. The number of hydrogen-bond acceptors (Lipinski definition) is 2. The van der Waals surface area contributed by atoms with E-state index in [1.807, 2.05) is 61.5 Å². The lowest BCUT2D eigenvalue weighted by molar-refractivity contribution is -0.122. The van der Waals surface area contributed by atoms with E-state index in [0.717, 1.165) is 10.9 Å². The Hall–Kier alpha value is -2.88. The molecule has 4 heteroatoms. The molecule has 3 aromatic rings. The number of nitrogens with zero attached hydrogens (tertiary/aromatic N) is 1. The summed E-state index contributed by atoms with van der Waals surface area (Å²) in [6, 6.07) is 18.9. The van der Waals surface area contributed by atoms with Gasteiger partial charge in [-0.1, -0.05) is 48.5 Å². The lowest BCUT2D eigenvalue weighted by Gasteiger charge is -2.15.